The number of hydrogen-bond acceptors (Lipinski definition) is 5. The van der Waals surface area contributed by atoms with Crippen molar-refractivity contribution in [1.82, 2.24) is 4.90 Å². The molecular weight excluding hydrogens is 362 g/mol. The van der Waals surface area contributed by atoms with Gasteiger partial charge in [0.25, 0.3) is 5.91 Å². The van der Waals surface area contributed by atoms with Gasteiger partial charge < -0.3 is 15.4 Å². The van der Waals surface area contributed by atoms with Crippen molar-refractivity contribution in [2.45, 2.75) is 31.9 Å². The van der Waals surface area contributed by atoms with Gasteiger partial charge in [0.05, 0.1) is 18.8 Å². The van der Waals surface area contributed by atoms with Crippen molar-refractivity contribution in [3.05, 3.63) is 46.2 Å². The number of para-hydroxylation sites is 2. The molecule has 6 nitrogen and oxygen atoms in total. The zero-order valence-electron chi connectivity index (χ0n) is 15.3. The van der Waals surface area contributed by atoms with E-state index in [9.17, 15) is 9.59 Å². The highest BCUT2D eigenvalue weighted by Gasteiger charge is 2.35. The molecule has 1 aromatic heterocycles. The van der Waals surface area contributed by atoms with E-state index in [-0.39, 0.29) is 18.5 Å². The fraction of sp³-hybridized carbons (Fsp3) is 0.400. The highest BCUT2D eigenvalue weighted by Crippen LogP contribution is 2.36. The summed E-state index contributed by atoms with van der Waals surface area (Å²) in [5.74, 6) is -0.0736. The van der Waals surface area contributed by atoms with Crippen LogP contribution in [0.5, 0.6) is 5.75 Å². The molecule has 1 aromatic carbocycles. The van der Waals surface area contributed by atoms with E-state index in [0.29, 0.717) is 18.0 Å². The Kier molecular flexibility index (Phi) is 4.88. The number of fused-ring (bicyclic) bond motifs is 2. The molecular formula is C20H23N3O3S. The molecule has 4 rings (SSSR count). The lowest BCUT2D eigenvalue weighted by Gasteiger charge is -2.38. The van der Waals surface area contributed by atoms with E-state index in [1.807, 2.05) is 18.2 Å². The number of benzene rings is 1. The number of thiophene rings is 1. The van der Waals surface area contributed by atoms with E-state index < -0.39 is 12.0 Å². The molecule has 0 fully saturated rings. The van der Waals surface area contributed by atoms with Gasteiger partial charge in [-0.2, -0.15) is 0 Å². The number of amides is 2. The van der Waals surface area contributed by atoms with Crippen molar-refractivity contribution in [3.63, 3.8) is 0 Å². The van der Waals surface area contributed by atoms with Gasteiger partial charge in [0.1, 0.15) is 5.75 Å². The minimum absolute atomic E-state index is 0.0332. The summed E-state index contributed by atoms with van der Waals surface area (Å²) >= 11 is 1.80. The molecule has 0 unspecified atom stereocenters. The molecule has 2 atom stereocenters. The van der Waals surface area contributed by atoms with Crippen molar-refractivity contribution >= 4 is 28.8 Å². The topological polar surface area (TPSA) is 75.9 Å². The summed E-state index contributed by atoms with van der Waals surface area (Å²) in [4.78, 5) is 30.2. The van der Waals surface area contributed by atoms with Crippen molar-refractivity contribution in [2.75, 3.05) is 24.5 Å². The third-order valence-corrected chi connectivity index (χ3v) is 6.32. The molecule has 0 saturated carbocycles. The highest BCUT2D eigenvalue weighted by molar-refractivity contribution is 7.10. The first-order valence-corrected chi connectivity index (χ1v) is 10.1. The first kappa shape index (κ1) is 18.0. The Morgan fingerprint density at radius 3 is 2.89 bits per heavy atom. The maximum atomic E-state index is 13.2. The molecule has 2 N–H and O–H groups in total. The molecule has 3 heterocycles. The van der Waals surface area contributed by atoms with Crippen molar-refractivity contribution in [3.8, 4) is 5.75 Å². The summed E-state index contributed by atoms with van der Waals surface area (Å²) in [5, 5.41) is 2.13. The predicted octanol–water partition coefficient (Wildman–Crippen LogP) is 2.34. The van der Waals surface area contributed by atoms with Crippen molar-refractivity contribution < 1.29 is 14.3 Å². The average Bonchev–Trinajstić information content (AvgIpc) is 3.15. The normalized spacial score (nSPS) is 21.9. The van der Waals surface area contributed by atoms with E-state index in [0.717, 1.165) is 19.4 Å². The Morgan fingerprint density at radius 1 is 1.30 bits per heavy atom. The quantitative estimate of drug-likeness (QED) is 0.877. The van der Waals surface area contributed by atoms with Crippen LogP contribution in [-0.2, 0) is 16.0 Å². The van der Waals surface area contributed by atoms with Crippen LogP contribution in [0.2, 0.25) is 0 Å². The summed E-state index contributed by atoms with van der Waals surface area (Å²) in [6.07, 6.45) is 1.11. The third kappa shape index (κ3) is 3.33. The minimum Gasteiger partial charge on any atom is -0.477 e. The Labute approximate surface area is 162 Å². The first-order valence-electron chi connectivity index (χ1n) is 9.24. The molecule has 0 saturated heterocycles. The van der Waals surface area contributed by atoms with Crippen LogP contribution < -0.4 is 15.4 Å². The fourth-order valence-electron chi connectivity index (χ4n) is 3.99. The number of rotatable bonds is 4. The van der Waals surface area contributed by atoms with Crippen LogP contribution >= 0.6 is 11.3 Å². The van der Waals surface area contributed by atoms with E-state index >= 15 is 0 Å². The number of carbonyl (C=O) groups excluding carboxylic acids is 2. The van der Waals surface area contributed by atoms with Crippen LogP contribution in [0.3, 0.4) is 0 Å². The van der Waals surface area contributed by atoms with Crippen LogP contribution in [0.1, 0.15) is 29.8 Å². The first-order chi connectivity index (χ1) is 13.1. The van der Waals surface area contributed by atoms with E-state index in [4.69, 9.17) is 10.5 Å². The number of carbonyl (C=O) groups is 2. The smallest absolute Gasteiger partial charge is 0.260 e. The summed E-state index contributed by atoms with van der Waals surface area (Å²) in [6.45, 7) is 3.48. The van der Waals surface area contributed by atoms with E-state index in [2.05, 4.69) is 23.3 Å². The number of anilines is 1. The average molecular weight is 385 g/mol. The number of hydrogen-bond donors (Lipinski definition) is 1. The number of nitrogens with two attached hydrogens (primary N) is 1. The van der Waals surface area contributed by atoms with Gasteiger partial charge in [0.15, 0.2) is 6.10 Å². The summed E-state index contributed by atoms with van der Waals surface area (Å²) < 4.78 is 5.66. The SMILES string of the molecule is CC[C@@H]1c2ccsc2CCN1CC(=O)N1C[C@H](C(N)=O)Oc2ccccc21. The van der Waals surface area contributed by atoms with Crippen LogP contribution in [0.25, 0.3) is 0 Å². The van der Waals surface area contributed by atoms with Crippen LogP contribution in [0.15, 0.2) is 35.7 Å². The minimum atomic E-state index is -0.823. The Bertz CT molecular complexity index is 866. The lowest BCUT2D eigenvalue weighted by atomic mass is 9.98. The van der Waals surface area contributed by atoms with Crippen molar-refractivity contribution in [1.29, 1.82) is 0 Å². The second-order valence-electron chi connectivity index (χ2n) is 6.92. The van der Waals surface area contributed by atoms with Crippen LogP contribution in [0, 0.1) is 0 Å². The molecule has 2 aromatic rings. The zero-order valence-corrected chi connectivity index (χ0v) is 16.1. The fourth-order valence-corrected chi connectivity index (χ4v) is 4.92. The van der Waals surface area contributed by atoms with Gasteiger partial charge in [0, 0.05) is 17.5 Å². The number of nitrogens with zero attached hydrogens (tertiary/aromatic N) is 2. The second-order valence-corrected chi connectivity index (χ2v) is 7.93. The van der Waals surface area contributed by atoms with Gasteiger partial charge >= 0.3 is 0 Å². The molecule has 2 amide bonds. The van der Waals surface area contributed by atoms with Crippen molar-refractivity contribution in [2.24, 2.45) is 5.73 Å². The number of ether oxygens (including phenoxy) is 1. The van der Waals surface area contributed by atoms with Crippen LogP contribution in [-0.4, -0.2) is 42.5 Å². The molecule has 142 valence electrons. The lowest BCUT2D eigenvalue weighted by Crippen LogP contribution is -2.52. The van der Waals surface area contributed by atoms with Gasteiger partial charge in [-0.05, 0) is 42.0 Å². The largest absolute Gasteiger partial charge is 0.477 e. The maximum absolute atomic E-state index is 13.2. The van der Waals surface area contributed by atoms with Crippen LogP contribution in [0.4, 0.5) is 5.69 Å². The Hall–Kier alpha value is -2.38. The number of primary amides is 1. The van der Waals surface area contributed by atoms with Gasteiger partial charge in [-0.1, -0.05) is 19.1 Å². The highest BCUT2D eigenvalue weighted by atomic mass is 32.1. The van der Waals surface area contributed by atoms with Gasteiger partial charge in [0.2, 0.25) is 5.91 Å². The predicted molar refractivity (Wildman–Crippen MR) is 105 cm³/mol. The molecule has 2 aliphatic heterocycles. The lowest BCUT2D eigenvalue weighted by molar-refractivity contribution is -0.125. The van der Waals surface area contributed by atoms with E-state index in [1.54, 1.807) is 22.3 Å². The summed E-state index contributed by atoms with van der Waals surface area (Å²) in [5.41, 5.74) is 7.49. The van der Waals surface area contributed by atoms with Gasteiger partial charge in [-0.3, -0.25) is 14.5 Å². The molecule has 0 spiro atoms. The third-order valence-electron chi connectivity index (χ3n) is 5.32. The Balaban J connectivity index is 1.56. The molecule has 0 aliphatic carbocycles. The van der Waals surface area contributed by atoms with Gasteiger partial charge in [-0.15, -0.1) is 11.3 Å². The van der Waals surface area contributed by atoms with Gasteiger partial charge in [-0.25, -0.2) is 0 Å². The summed E-state index contributed by atoms with van der Waals surface area (Å²) in [6, 6.07) is 9.72. The monoisotopic (exact) mass is 385 g/mol. The summed E-state index contributed by atoms with van der Waals surface area (Å²) in [7, 11) is 0. The molecule has 7 heteroatoms. The van der Waals surface area contributed by atoms with E-state index in [1.165, 1.54) is 10.4 Å². The molecule has 2 aliphatic rings. The second kappa shape index (κ2) is 7.32. The Morgan fingerprint density at radius 2 is 2.11 bits per heavy atom. The molecule has 0 bridgehead atoms. The molecule has 0 radical (unpaired) electrons. The maximum Gasteiger partial charge on any atom is 0.260 e. The molecule has 27 heavy (non-hydrogen) atoms. The standard InChI is InChI=1S/C20H23N3O3S/c1-2-14-13-8-10-27-18(13)7-9-22(14)12-19(24)23-11-17(20(21)25)26-16-6-4-3-5-15(16)23/h3-6,8,10,14,17H,2,7,9,11-12H2,1H3,(H2,21,25)/t14-,17-/m1/s1. The zero-order chi connectivity index (χ0) is 19.0.